The van der Waals surface area contributed by atoms with Crippen LogP contribution >= 0.6 is 0 Å². The van der Waals surface area contributed by atoms with E-state index in [4.69, 9.17) is 4.74 Å². The molecule has 2 aliphatic rings. The number of fused-ring (bicyclic) bond motifs is 1. The fraction of sp³-hybridized carbons (Fsp3) is 0.542. The Hall–Kier alpha value is -2.87. The Balaban J connectivity index is 1.37. The van der Waals surface area contributed by atoms with Crippen molar-refractivity contribution in [2.24, 2.45) is 0 Å². The van der Waals surface area contributed by atoms with Gasteiger partial charge in [-0.2, -0.15) is 5.10 Å². The molecule has 172 valence electrons. The third kappa shape index (κ3) is 5.12. The molecule has 1 aromatic heterocycles. The number of aromatic amines is 1. The first-order valence-corrected chi connectivity index (χ1v) is 11.5. The molecule has 0 bridgehead atoms. The maximum Gasteiger partial charge on any atom is 0.237 e. The smallest absolute Gasteiger partial charge is 0.237 e. The van der Waals surface area contributed by atoms with Crippen molar-refractivity contribution in [1.29, 1.82) is 0 Å². The summed E-state index contributed by atoms with van der Waals surface area (Å²) in [5.74, 6) is 0.621. The van der Waals surface area contributed by atoms with E-state index in [9.17, 15) is 9.59 Å². The average Bonchev–Trinajstić information content (AvgIpc) is 3.00. The van der Waals surface area contributed by atoms with Crippen LogP contribution in [0, 0.1) is 6.92 Å². The van der Waals surface area contributed by atoms with Crippen molar-refractivity contribution in [3.8, 4) is 5.75 Å². The van der Waals surface area contributed by atoms with Crippen LogP contribution in [0.25, 0.3) is 0 Å². The van der Waals surface area contributed by atoms with E-state index in [0.29, 0.717) is 26.2 Å². The van der Waals surface area contributed by atoms with Gasteiger partial charge < -0.3 is 15.4 Å². The average molecular weight is 440 g/mol. The highest BCUT2D eigenvalue weighted by Gasteiger charge is 2.31. The number of carbonyl (C=O) groups is 2. The first-order chi connectivity index (χ1) is 15.5. The summed E-state index contributed by atoms with van der Waals surface area (Å²) >= 11 is 0. The lowest BCUT2D eigenvalue weighted by Gasteiger charge is -2.34. The Bertz CT molecular complexity index is 971. The highest BCUT2D eigenvalue weighted by atomic mass is 16.5. The van der Waals surface area contributed by atoms with Crippen LogP contribution in [0.3, 0.4) is 0 Å². The van der Waals surface area contributed by atoms with Crippen molar-refractivity contribution in [3.05, 3.63) is 46.3 Å². The minimum absolute atomic E-state index is 0.0923. The van der Waals surface area contributed by atoms with Crippen LogP contribution in [0.4, 0.5) is 0 Å². The molecular weight excluding hydrogens is 406 g/mol. The summed E-state index contributed by atoms with van der Waals surface area (Å²) in [5, 5.41) is 13.5. The summed E-state index contributed by atoms with van der Waals surface area (Å²) in [6.07, 6.45) is 5.74. The number of carbonyl (C=O) groups excluding carboxylic acids is 2. The molecular formula is C24H33N5O3. The lowest BCUT2D eigenvalue weighted by Crippen LogP contribution is -2.56. The highest BCUT2D eigenvalue weighted by molar-refractivity contribution is 5.88. The largest absolute Gasteiger partial charge is 0.496 e. The third-order valence-electron chi connectivity index (χ3n) is 6.51. The molecule has 0 unspecified atom stereocenters. The molecule has 2 heterocycles. The van der Waals surface area contributed by atoms with Crippen LogP contribution in [0.2, 0.25) is 0 Å². The molecule has 1 saturated heterocycles. The quantitative estimate of drug-likeness (QED) is 0.573. The number of hydrogen-bond acceptors (Lipinski definition) is 5. The molecule has 1 fully saturated rings. The van der Waals surface area contributed by atoms with Crippen molar-refractivity contribution >= 4 is 11.8 Å². The van der Waals surface area contributed by atoms with Crippen LogP contribution < -0.4 is 15.4 Å². The summed E-state index contributed by atoms with van der Waals surface area (Å²) < 4.78 is 5.34. The van der Waals surface area contributed by atoms with Gasteiger partial charge in [-0.25, -0.2) is 0 Å². The van der Waals surface area contributed by atoms with Gasteiger partial charge >= 0.3 is 0 Å². The topological polar surface area (TPSA) is 99.3 Å². The number of aryl methyl sites for hydroxylation is 2. The van der Waals surface area contributed by atoms with E-state index in [1.807, 2.05) is 19.1 Å². The van der Waals surface area contributed by atoms with Crippen LogP contribution in [0.5, 0.6) is 5.75 Å². The Morgan fingerprint density at radius 3 is 2.94 bits per heavy atom. The van der Waals surface area contributed by atoms with Crippen LogP contribution in [0.1, 0.15) is 53.8 Å². The second kappa shape index (κ2) is 10.2. The number of rotatable bonds is 7. The third-order valence-corrected chi connectivity index (χ3v) is 6.51. The summed E-state index contributed by atoms with van der Waals surface area (Å²) in [4.78, 5) is 27.4. The monoisotopic (exact) mass is 439 g/mol. The van der Waals surface area contributed by atoms with Gasteiger partial charge in [0.05, 0.1) is 31.8 Å². The van der Waals surface area contributed by atoms with Gasteiger partial charge in [-0.1, -0.05) is 18.6 Å². The minimum atomic E-state index is -0.484. The predicted octanol–water partition coefficient (Wildman–Crippen LogP) is 2.00. The van der Waals surface area contributed by atoms with E-state index in [-0.39, 0.29) is 18.2 Å². The molecule has 0 radical (unpaired) electrons. The van der Waals surface area contributed by atoms with Gasteiger partial charge in [0.1, 0.15) is 5.75 Å². The van der Waals surface area contributed by atoms with Crippen molar-refractivity contribution < 1.29 is 14.3 Å². The minimum Gasteiger partial charge on any atom is -0.496 e. The lowest BCUT2D eigenvalue weighted by atomic mass is 10.0. The number of piperazine rings is 1. The fourth-order valence-corrected chi connectivity index (χ4v) is 4.75. The number of aromatic nitrogens is 2. The molecule has 1 aliphatic heterocycles. The zero-order chi connectivity index (χ0) is 22.5. The van der Waals surface area contributed by atoms with Crippen molar-refractivity contribution in [2.45, 2.75) is 64.6 Å². The molecule has 1 aliphatic carbocycles. The second-order valence-corrected chi connectivity index (χ2v) is 8.75. The van der Waals surface area contributed by atoms with Gasteiger partial charge in [-0.05, 0) is 55.4 Å². The van der Waals surface area contributed by atoms with Gasteiger partial charge in [0.15, 0.2) is 0 Å². The SMILES string of the molecule is COc1ccc(CN2CCNC(=O)[C@@H]2CC(=O)NCc2n[nH]c3c2CCCCC3)cc1C. The Kier molecular flexibility index (Phi) is 7.09. The molecule has 1 aromatic carbocycles. The molecule has 3 N–H and O–H groups in total. The maximum atomic E-state index is 12.8. The number of methoxy groups -OCH3 is 1. The van der Waals surface area contributed by atoms with Crippen LogP contribution in [0.15, 0.2) is 18.2 Å². The predicted molar refractivity (Wildman–Crippen MR) is 121 cm³/mol. The first kappa shape index (κ1) is 22.3. The fourth-order valence-electron chi connectivity index (χ4n) is 4.75. The van der Waals surface area contributed by atoms with Gasteiger partial charge in [0, 0.05) is 25.3 Å². The zero-order valence-corrected chi connectivity index (χ0v) is 19.0. The molecule has 2 amide bonds. The number of nitrogens with one attached hydrogen (secondary N) is 3. The normalized spacial score (nSPS) is 19.1. The molecule has 2 aromatic rings. The van der Waals surface area contributed by atoms with Gasteiger partial charge in [-0.15, -0.1) is 0 Å². The van der Waals surface area contributed by atoms with Crippen molar-refractivity contribution in [3.63, 3.8) is 0 Å². The molecule has 0 spiro atoms. The zero-order valence-electron chi connectivity index (χ0n) is 19.0. The molecule has 8 nitrogen and oxygen atoms in total. The van der Waals surface area contributed by atoms with Crippen molar-refractivity contribution in [2.75, 3.05) is 20.2 Å². The van der Waals surface area contributed by atoms with Gasteiger partial charge in [-0.3, -0.25) is 19.6 Å². The lowest BCUT2D eigenvalue weighted by molar-refractivity contribution is -0.134. The number of benzene rings is 1. The van der Waals surface area contributed by atoms with Crippen LogP contribution in [-0.4, -0.2) is 53.2 Å². The number of amides is 2. The van der Waals surface area contributed by atoms with Crippen LogP contribution in [-0.2, 0) is 35.5 Å². The molecule has 1 atom stereocenters. The summed E-state index contributed by atoms with van der Waals surface area (Å²) in [6.45, 7) is 4.32. The maximum absolute atomic E-state index is 12.8. The van der Waals surface area contributed by atoms with E-state index in [0.717, 1.165) is 41.8 Å². The van der Waals surface area contributed by atoms with Gasteiger partial charge in [0.25, 0.3) is 0 Å². The molecule has 0 saturated carbocycles. The molecule has 8 heteroatoms. The van der Waals surface area contributed by atoms with E-state index >= 15 is 0 Å². The summed E-state index contributed by atoms with van der Waals surface area (Å²) in [5.41, 5.74) is 5.55. The van der Waals surface area contributed by atoms with E-state index in [1.165, 1.54) is 24.1 Å². The summed E-state index contributed by atoms with van der Waals surface area (Å²) in [7, 11) is 1.66. The number of ether oxygens (including phenoxy) is 1. The van der Waals surface area contributed by atoms with E-state index in [1.54, 1.807) is 7.11 Å². The van der Waals surface area contributed by atoms with E-state index in [2.05, 4.69) is 31.8 Å². The van der Waals surface area contributed by atoms with Gasteiger partial charge in [0.2, 0.25) is 11.8 Å². The highest BCUT2D eigenvalue weighted by Crippen LogP contribution is 2.23. The second-order valence-electron chi connectivity index (χ2n) is 8.75. The Labute approximate surface area is 189 Å². The number of H-pyrrole nitrogens is 1. The number of nitrogens with zero attached hydrogens (tertiary/aromatic N) is 2. The molecule has 4 rings (SSSR count). The summed E-state index contributed by atoms with van der Waals surface area (Å²) in [6, 6.07) is 5.55. The number of hydrogen-bond donors (Lipinski definition) is 3. The molecule has 32 heavy (non-hydrogen) atoms. The Morgan fingerprint density at radius 1 is 1.28 bits per heavy atom. The van der Waals surface area contributed by atoms with E-state index < -0.39 is 6.04 Å². The Morgan fingerprint density at radius 2 is 2.12 bits per heavy atom. The standard InChI is InChI=1S/C24H33N5O3/c1-16-12-17(8-9-22(16)32-2)15-29-11-10-25-24(31)21(29)13-23(30)26-14-20-18-6-4-3-5-7-19(18)27-28-20/h8-9,12,21H,3-7,10-11,13-15H2,1-2H3,(H,25,31)(H,26,30)(H,27,28)/t21-/m0/s1. The first-order valence-electron chi connectivity index (χ1n) is 11.5. The van der Waals surface area contributed by atoms with Crippen molar-refractivity contribution in [1.82, 2.24) is 25.7 Å².